The molecule has 0 spiro atoms. The number of thioether (sulfide) groups is 1. The molecule has 2 saturated carbocycles. The van der Waals surface area contributed by atoms with Crippen molar-refractivity contribution in [2.75, 3.05) is 11.9 Å². The van der Waals surface area contributed by atoms with Crippen molar-refractivity contribution in [3.05, 3.63) is 41.2 Å². The molecule has 2 N–H and O–H groups in total. The van der Waals surface area contributed by atoms with Gasteiger partial charge in [-0.3, -0.25) is 10.1 Å². The molecule has 0 bridgehead atoms. The number of carbonyl (C=O) groups is 1. The first-order valence-corrected chi connectivity index (χ1v) is 11.3. The molecule has 4 rings (SSSR count). The average molecular weight is 436 g/mol. The van der Waals surface area contributed by atoms with Gasteiger partial charge in [0, 0.05) is 15.7 Å². The zero-order chi connectivity index (χ0) is 20.2. The van der Waals surface area contributed by atoms with Crippen LogP contribution in [0.1, 0.15) is 37.7 Å². The minimum Gasteiger partial charge on any atom is -0.395 e. The fourth-order valence-corrected chi connectivity index (χ4v) is 4.76. The number of carbonyl (C=O) groups excluding carboxylic acids is 1. The summed E-state index contributed by atoms with van der Waals surface area (Å²) in [6, 6.07) is 7.62. The monoisotopic (exact) mass is 435 g/mol. The Hall–Kier alpha value is -1.97. The predicted molar refractivity (Wildman–Crippen MR) is 112 cm³/mol. The SMILES string of the molecule is O=C(Nc1ncc(F)s1)/C(=N/OC[C@H]1CCC(O)C1)c1ccc(SC2CC2)cc1. The van der Waals surface area contributed by atoms with Crippen LogP contribution in [0.4, 0.5) is 9.52 Å². The van der Waals surface area contributed by atoms with E-state index in [1.807, 2.05) is 36.0 Å². The second-order valence-electron chi connectivity index (χ2n) is 7.33. The molecular weight excluding hydrogens is 413 g/mol. The van der Waals surface area contributed by atoms with Crippen LogP contribution in [0.25, 0.3) is 0 Å². The van der Waals surface area contributed by atoms with Gasteiger partial charge in [0.05, 0.1) is 12.3 Å². The van der Waals surface area contributed by atoms with Gasteiger partial charge in [-0.1, -0.05) is 28.6 Å². The van der Waals surface area contributed by atoms with Crippen LogP contribution in [0.3, 0.4) is 0 Å². The van der Waals surface area contributed by atoms with E-state index in [-0.39, 0.29) is 22.9 Å². The molecule has 2 fully saturated rings. The van der Waals surface area contributed by atoms with Crippen LogP contribution in [0.2, 0.25) is 0 Å². The van der Waals surface area contributed by atoms with Gasteiger partial charge in [-0.15, -0.1) is 11.8 Å². The fourth-order valence-electron chi connectivity index (χ4n) is 3.17. The number of rotatable bonds is 8. The Morgan fingerprint density at radius 3 is 2.72 bits per heavy atom. The van der Waals surface area contributed by atoms with Gasteiger partial charge in [-0.2, -0.15) is 4.39 Å². The lowest BCUT2D eigenvalue weighted by atomic mass is 10.1. The minimum atomic E-state index is -0.506. The van der Waals surface area contributed by atoms with E-state index in [4.69, 9.17) is 4.84 Å². The first-order chi connectivity index (χ1) is 14.1. The number of aromatic nitrogens is 1. The van der Waals surface area contributed by atoms with E-state index in [2.05, 4.69) is 15.5 Å². The highest BCUT2D eigenvalue weighted by Crippen LogP contribution is 2.39. The Bertz CT molecular complexity index is 883. The molecule has 1 aromatic carbocycles. The number of amides is 1. The summed E-state index contributed by atoms with van der Waals surface area (Å²) < 4.78 is 13.2. The molecular formula is C20H22FN3O3S2. The molecule has 154 valence electrons. The molecule has 1 unspecified atom stereocenters. The predicted octanol–water partition coefficient (Wildman–Crippen LogP) is 4.06. The molecule has 0 saturated heterocycles. The highest BCUT2D eigenvalue weighted by Gasteiger charge is 2.25. The zero-order valence-corrected chi connectivity index (χ0v) is 17.3. The highest BCUT2D eigenvalue weighted by molar-refractivity contribution is 8.00. The maximum Gasteiger partial charge on any atom is 0.280 e. The lowest BCUT2D eigenvalue weighted by Crippen LogP contribution is -2.24. The van der Waals surface area contributed by atoms with Crippen molar-refractivity contribution in [3.8, 4) is 0 Å². The molecule has 2 aliphatic rings. The maximum absolute atomic E-state index is 13.2. The molecule has 0 radical (unpaired) electrons. The number of halogens is 1. The van der Waals surface area contributed by atoms with E-state index in [1.165, 1.54) is 12.8 Å². The number of oxime groups is 1. The van der Waals surface area contributed by atoms with Crippen molar-refractivity contribution < 1.29 is 19.1 Å². The van der Waals surface area contributed by atoms with Crippen molar-refractivity contribution >= 4 is 39.8 Å². The lowest BCUT2D eigenvalue weighted by Gasteiger charge is -2.10. The van der Waals surface area contributed by atoms with Gasteiger partial charge < -0.3 is 9.94 Å². The molecule has 2 atom stereocenters. The maximum atomic E-state index is 13.2. The van der Waals surface area contributed by atoms with E-state index in [1.54, 1.807) is 0 Å². The van der Waals surface area contributed by atoms with E-state index in [9.17, 15) is 14.3 Å². The Balaban J connectivity index is 1.47. The third kappa shape index (κ3) is 5.77. The van der Waals surface area contributed by atoms with E-state index in [0.717, 1.165) is 35.3 Å². The summed E-state index contributed by atoms with van der Waals surface area (Å²) in [5.74, 6) is -0.281. The quantitative estimate of drug-likeness (QED) is 0.483. The van der Waals surface area contributed by atoms with Crippen LogP contribution >= 0.6 is 23.1 Å². The molecule has 1 heterocycles. The van der Waals surface area contributed by atoms with Crippen molar-refractivity contribution in [1.82, 2.24) is 4.98 Å². The minimum absolute atomic E-state index is 0.113. The van der Waals surface area contributed by atoms with E-state index < -0.39 is 11.0 Å². The first kappa shape index (κ1) is 20.3. The van der Waals surface area contributed by atoms with Crippen LogP contribution in [0.15, 0.2) is 40.5 Å². The number of thiazole rings is 1. The van der Waals surface area contributed by atoms with Gasteiger partial charge in [0.1, 0.15) is 6.61 Å². The molecule has 2 aromatic rings. The van der Waals surface area contributed by atoms with Crippen molar-refractivity contribution in [1.29, 1.82) is 0 Å². The van der Waals surface area contributed by atoms with Gasteiger partial charge in [0.15, 0.2) is 16.0 Å². The summed E-state index contributed by atoms with van der Waals surface area (Å²) in [5.41, 5.74) is 0.730. The molecule has 6 nitrogen and oxygen atoms in total. The highest BCUT2D eigenvalue weighted by atomic mass is 32.2. The summed E-state index contributed by atoms with van der Waals surface area (Å²) in [6.07, 6.45) is 5.59. The molecule has 9 heteroatoms. The van der Waals surface area contributed by atoms with Crippen molar-refractivity contribution in [2.45, 2.75) is 48.4 Å². The summed E-state index contributed by atoms with van der Waals surface area (Å²) in [6.45, 7) is 0.343. The number of benzene rings is 1. The molecule has 1 aromatic heterocycles. The Morgan fingerprint density at radius 2 is 2.10 bits per heavy atom. The second kappa shape index (κ2) is 9.23. The number of anilines is 1. The zero-order valence-electron chi connectivity index (χ0n) is 15.7. The first-order valence-electron chi connectivity index (χ1n) is 9.64. The largest absolute Gasteiger partial charge is 0.395 e. The number of hydrogen-bond donors (Lipinski definition) is 2. The summed E-state index contributed by atoms with van der Waals surface area (Å²) in [4.78, 5) is 23.2. The summed E-state index contributed by atoms with van der Waals surface area (Å²) in [7, 11) is 0. The topological polar surface area (TPSA) is 83.8 Å². The van der Waals surface area contributed by atoms with Gasteiger partial charge in [0.2, 0.25) is 0 Å². The number of hydrogen-bond acceptors (Lipinski definition) is 7. The normalized spacial score (nSPS) is 21.9. The average Bonchev–Trinajstić information content (AvgIpc) is 3.27. The number of nitrogens with one attached hydrogen (secondary N) is 1. The van der Waals surface area contributed by atoms with Crippen molar-refractivity contribution in [2.24, 2.45) is 11.1 Å². The molecule has 29 heavy (non-hydrogen) atoms. The summed E-state index contributed by atoms with van der Waals surface area (Å²) in [5, 5.41) is 16.7. The van der Waals surface area contributed by atoms with Crippen LogP contribution < -0.4 is 5.32 Å². The molecule has 2 aliphatic carbocycles. The van der Waals surface area contributed by atoms with E-state index >= 15 is 0 Å². The third-order valence-corrected chi connectivity index (χ3v) is 6.90. The van der Waals surface area contributed by atoms with Crippen LogP contribution in [0.5, 0.6) is 0 Å². The number of nitrogens with zero attached hydrogens (tertiary/aromatic N) is 2. The standard InChI is InChI=1S/C20H22FN3O3S2/c21-17-10-22-20(29-17)23-19(26)18(24-27-11-12-1-4-14(25)9-12)13-2-5-15(6-3-13)28-16-7-8-16/h2-3,5-6,10,12,14,16,25H,1,4,7-9,11H2,(H,22,23,26)/b24-18+/t12-,14?/m0/s1. The molecule has 0 aliphatic heterocycles. The number of aliphatic hydroxyl groups excluding tert-OH is 1. The third-order valence-electron chi connectivity index (χ3n) is 4.85. The van der Waals surface area contributed by atoms with Gasteiger partial charge >= 0.3 is 0 Å². The molecule has 1 amide bonds. The fraction of sp³-hybridized carbons (Fsp3) is 0.450. The van der Waals surface area contributed by atoms with Gasteiger partial charge in [0.25, 0.3) is 5.91 Å². The summed E-state index contributed by atoms with van der Waals surface area (Å²) >= 11 is 2.59. The van der Waals surface area contributed by atoms with Crippen LogP contribution in [-0.4, -0.2) is 39.7 Å². The Labute approximate surface area is 176 Å². The van der Waals surface area contributed by atoms with Crippen molar-refractivity contribution in [3.63, 3.8) is 0 Å². The van der Waals surface area contributed by atoms with Gasteiger partial charge in [-0.05, 0) is 50.2 Å². The Kier molecular flexibility index (Phi) is 6.46. The van der Waals surface area contributed by atoms with E-state index in [0.29, 0.717) is 23.8 Å². The van der Waals surface area contributed by atoms with Crippen LogP contribution in [-0.2, 0) is 9.63 Å². The van der Waals surface area contributed by atoms with Crippen LogP contribution in [0, 0.1) is 11.0 Å². The number of aliphatic hydroxyl groups is 1. The Morgan fingerprint density at radius 1 is 1.31 bits per heavy atom. The second-order valence-corrected chi connectivity index (χ2v) is 9.69. The lowest BCUT2D eigenvalue weighted by molar-refractivity contribution is -0.110. The smallest absolute Gasteiger partial charge is 0.280 e. The van der Waals surface area contributed by atoms with Gasteiger partial charge in [-0.25, -0.2) is 4.98 Å².